The lowest BCUT2D eigenvalue weighted by Crippen LogP contribution is -2.35. The van der Waals surface area contributed by atoms with Crippen molar-refractivity contribution in [2.24, 2.45) is 5.41 Å². The Morgan fingerprint density at radius 2 is 1.72 bits per heavy atom. The summed E-state index contributed by atoms with van der Waals surface area (Å²) in [6.45, 7) is 6.78. The average molecular weight is 433 g/mol. The van der Waals surface area contributed by atoms with E-state index in [0.29, 0.717) is 25.1 Å². The van der Waals surface area contributed by atoms with Crippen molar-refractivity contribution in [3.63, 3.8) is 0 Å². The van der Waals surface area contributed by atoms with E-state index < -0.39 is 5.41 Å². The van der Waals surface area contributed by atoms with Gasteiger partial charge in [0.05, 0.1) is 7.11 Å². The van der Waals surface area contributed by atoms with Crippen LogP contribution in [-0.4, -0.2) is 30.4 Å². The number of hydrogen-bond donors (Lipinski definition) is 1. The predicted octanol–water partition coefficient (Wildman–Crippen LogP) is 5.14. The summed E-state index contributed by atoms with van der Waals surface area (Å²) in [6, 6.07) is 16.8. The summed E-state index contributed by atoms with van der Waals surface area (Å²) in [5.74, 6) is 2.39. The minimum absolute atomic E-state index is 0.00000386. The van der Waals surface area contributed by atoms with Gasteiger partial charge in [0.1, 0.15) is 17.3 Å². The zero-order valence-electron chi connectivity index (χ0n) is 18.9. The molecule has 2 amide bonds. The highest BCUT2D eigenvalue weighted by atomic mass is 16.5. The van der Waals surface area contributed by atoms with Gasteiger partial charge in [-0.1, -0.05) is 20.8 Å². The van der Waals surface area contributed by atoms with Gasteiger partial charge in [-0.05, 0) is 54.6 Å². The maximum atomic E-state index is 12.9. The van der Waals surface area contributed by atoms with Crippen LogP contribution in [0.2, 0.25) is 0 Å². The molecule has 166 valence electrons. The number of rotatable bonds is 4. The molecule has 6 nitrogen and oxygen atoms in total. The third-order valence-corrected chi connectivity index (χ3v) is 5.60. The number of benzene rings is 2. The van der Waals surface area contributed by atoms with E-state index in [1.54, 1.807) is 31.4 Å². The van der Waals surface area contributed by atoms with Gasteiger partial charge in [-0.15, -0.1) is 0 Å². The molecule has 6 heteroatoms. The second-order valence-corrected chi connectivity index (χ2v) is 9.05. The Morgan fingerprint density at radius 3 is 2.34 bits per heavy atom. The Morgan fingerprint density at radius 1 is 1.03 bits per heavy atom. The first kappa shape index (κ1) is 21.7. The maximum Gasteiger partial charge on any atom is 0.254 e. The van der Waals surface area contributed by atoms with E-state index in [0.717, 1.165) is 34.1 Å². The highest BCUT2D eigenvalue weighted by Crippen LogP contribution is 2.31. The quantitative estimate of drug-likeness (QED) is 0.620. The molecular formula is C26H28N2O4. The number of amides is 2. The lowest BCUT2D eigenvalue weighted by atomic mass is 9.95. The number of nitrogens with zero attached hydrogens (tertiary/aromatic N) is 1. The first-order chi connectivity index (χ1) is 15.2. The lowest BCUT2D eigenvalue weighted by molar-refractivity contribution is -0.123. The van der Waals surface area contributed by atoms with Crippen LogP contribution in [-0.2, 0) is 17.8 Å². The van der Waals surface area contributed by atoms with E-state index in [1.807, 2.05) is 56.0 Å². The first-order valence-corrected chi connectivity index (χ1v) is 10.7. The number of fused-ring (bicyclic) bond motifs is 1. The molecule has 2 heterocycles. The van der Waals surface area contributed by atoms with Gasteiger partial charge in [0.2, 0.25) is 5.91 Å². The standard InChI is InChI=1S/C26H28N2O4/c1-26(2,3)25(30)27-20-9-5-17(6-10-20)23-15-19-16-28(14-13-22(19)32-23)24(29)18-7-11-21(31-4)12-8-18/h5-12,15H,13-14,16H2,1-4H3,(H,27,30). The molecule has 1 aliphatic heterocycles. The van der Waals surface area contributed by atoms with Crippen molar-refractivity contribution >= 4 is 17.5 Å². The number of anilines is 1. The summed E-state index contributed by atoms with van der Waals surface area (Å²) in [4.78, 5) is 26.9. The van der Waals surface area contributed by atoms with Crippen molar-refractivity contribution in [3.05, 3.63) is 71.5 Å². The van der Waals surface area contributed by atoms with Crippen LogP contribution < -0.4 is 10.1 Å². The lowest BCUT2D eigenvalue weighted by Gasteiger charge is -2.26. The highest BCUT2D eigenvalue weighted by Gasteiger charge is 2.25. The smallest absolute Gasteiger partial charge is 0.254 e. The van der Waals surface area contributed by atoms with Gasteiger partial charge < -0.3 is 19.4 Å². The van der Waals surface area contributed by atoms with Crippen molar-refractivity contribution in [3.8, 4) is 17.1 Å². The molecule has 2 aromatic carbocycles. The molecule has 32 heavy (non-hydrogen) atoms. The van der Waals surface area contributed by atoms with E-state index in [4.69, 9.17) is 9.15 Å². The summed E-state index contributed by atoms with van der Waals surface area (Å²) in [6.07, 6.45) is 0.678. The van der Waals surface area contributed by atoms with Crippen molar-refractivity contribution in [1.29, 1.82) is 0 Å². The molecule has 3 aromatic rings. The molecular weight excluding hydrogens is 404 g/mol. The molecule has 0 spiro atoms. The van der Waals surface area contributed by atoms with Crippen molar-refractivity contribution in [1.82, 2.24) is 4.90 Å². The second kappa shape index (κ2) is 8.54. The summed E-state index contributed by atoms with van der Waals surface area (Å²) in [5, 5.41) is 2.93. The number of carbonyl (C=O) groups excluding carboxylic acids is 2. The molecule has 0 saturated heterocycles. The Kier molecular flexibility index (Phi) is 5.78. The van der Waals surface area contributed by atoms with Gasteiger partial charge in [-0.2, -0.15) is 0 Å². The molecule has 0 bridgehead atoms. The Bertz CT molecular complexity index is 1120. The molecule has 0 radical (unpaired) electrons. The van der Waals surface area contributed by atoms with Crippen molar-refractivity contribution in [2.45, 2.75) is 33.7 Å². The molecule has 0 atom stereocenters. The van der Waals surface area contributed by atoms with Gasteiger partial charge in [-0.25, -0.2) is 0 Å². The van der Waals surface area contributed by atoms with Crippen LogP contribution in [0.1, 0.15) is 42.5 Å². The van der Waals surface area contributed by atoms with E-state index in [9.17, 15) is 9.59 Å². The van der Waals surface area contributed by atoms with Crippen LogP contribution in [0.3, 0.4) is 0 Å². The number of methoxy groups -OCH3 is 1. The van der Waals surface area contributed by atoms with E-state index in [2.05, 4.69) is 5.32 Å². The van der Waals surface area contributed by atoms with E-state index >= 15 is 0 Å². The Labute approximate surface area is 188 Å². The van der Waals surface area contributed by atoms with Crippen LogP contribution in [0, 0.1) is 5.41 Å². The van der Waals surface area contributed by atoms with Crippen molar-refractivity contribution in [2.75, 3.05) is 19.0 Å². The third-order valence-electron chi connectivity index (χ3n) is 5.60. The van der Waals surface area contributed by atoms with E-state index in [1.165, 1.54) is 0 Å². The largest absolute Gasteiger partial charge is 0.497 e. The maximum absolute atomic E-state index is 12.9. The minimum atomic E-state index is -0.451. The number of carbonyl (C=O) groups is 2. The zero-order valence-corrected chi connectivity index (χ0v) is 18.9. The van der Waals surface area contributed by atoms with Gasteiger partial charge in [-0.3, -0.25) is 9.59 Å². The van der Waals surface area contributed by atoms with Gasteiger partial charge in [0.25, 0.3) is 5.91 Å². The summed E-state index contributed by atoms with van der Waals surface area (Å²) in [5.41, 5.74) is 2.90. The molecule has 4 rings (SSSR count). The summed E-state index contributed by atoms with van der Waals surface area (Å²) in [7, 11) is 1.61. The molecule has 0 aliphatic carbocycles. The molecule has 0 saturated carbocycles. The molecule has 1 N–H and O–H groups in total. The minimum Gasteiger partial charge on any atom is -0.497 e. The normalized spacial score (nSPS) is 13.4. The third kappa shape index (κ3) is 4.54. The van der Waals surface area contributed by atoms with Crippen LogP contribution >= 0.6 is 0 Å². The zero-order chi connectivity index (χ0) is 22.9. The number of nitrogens with one attached hydrogen (secondary N) is 1. The molecule has 0 unspecified atom stereocenters. The average Bonchev–Trinajstić information content (AvgIpc) is 3.22. The topological polar surface area (TPSA) is 71.8 Å². The summed E-state index contributed by atoms with van der Waals surface area (Å²) < 4.78 is 11.3. The molecule has 1 aromatic heterocycles. The highest BCUT2D eigenvalue weighted by molar-refractivity contribution is 5.95. The van der Waals surface area contributed by atoms with Crippen molar-refractivity contribution < 1.29 is 18.7 Å². The van der Waals surface area contributed by atoms with Gasteiger partial charge in [0, 0.05) is 47.3 Å². The van der Waals surface area contributed by atoms with Gasteiger partial charge >= 0.3 is 0 Å². The molecule has 1 aliphatic rings. The monoisotopic (exact) mass is 432 g/mol. The molecule has 0 fully saturated rings. The van der Waals surface area contributed by atoms with Crippen LogP contribution in [0.25, 0.3) is 11.3 Å². The Balaban J connectivity index is 1.46. The fraction of sp³-hybridized carbons (Fsp3) is 0.308. The number of hydrogen-bond acceptors (Lipinski definition) is 4. The number of ether oxygens (including phenoxy) is 1. The SMILES string of the molecule is COc1ccc(C(=O)N2CCc3oc(-c4ccc(NC(=O)C(C)(C)C)cc4)cc3C2)cc1. The first-order valence-electron chi connectivity index (χ1n) is 10.7. The van der Waals surface area contributed by atoms with E-state index in [-0.39, 0.29) is 11.8 Å². The van der Waals surface area contributed by atoms with Crippen LogP contribution in [0.15, 0.2) is 59.0 Å². The fourth-order valence-corrected chi connectivity index (χ4v) is 3.60. The summed E-state index contributed by atoms with van der Waals surface area (Å²) >= 11 is 0. The fourth-order valence-electron chi connectivity index (χ4n) is 3.60. The predicted molar refractivity (Wildman–Crippen MR) is 124 cm³/mol. The van der Waals surface area contributed by atoms with Gasteiger partial charge in [0.15, 0.2) is 0 Å². The second-order valence-electron chi connectivity index (χ2n) is 9.05. The van der Waals surface area contributed by atoms with Crippen LogP contribution in [0.5, 0.6) is 5.75 Å². The Hall–Kier alpha value is -3.54. The van der Waals surface area contributed by atoms with Crippen LogP contribution in [0.4, 0.5) is 5.69 Å². The number of furan rings is 1.